The molecule has 1 amide bonds. The van der Waals surface area contributed by atoms with E-state index in [2.05, 4.69) is 5.32 Å². The van der Waals surface area contributed by atoms with Crippen molar-refractivity contribution < 1.29 is 14.7 Å². The highest BCUT2D eigenvalue weighted by Gasteiger charge is 2.38. The van der Waals surface area contributed by atoms with Crippen LogP contribution >= 0.6 is 11.6 Å². The molecule has 1 aliphatic rings. The van der Waals surface area contributed by atoms with Gasteiger partial charge >= 0.3 is 5.97 Å². The molecule has 0 radical (unpaired) electrons. The standard InChI is InChI=1S/C15H18ClNO3/c16-12-4-2-11(3-5-12)15(8-1-9-15)10-17-13(18)6-7-14(19)20/h2-5H,1,6-10H2,(H,17,18)(H,19,20). The highest BCUT2D eigenvalue weighted by Crippen LogP contribution is 2.43. The second kappa shape index (κ2) is 6.27. The Bertz CT molecular complexity index is 494. The number of carbonyl (C=O) groups excluding carboxylic acids is 1. The Morgan fingerprint density at radius 2 is 1.85 bits per heavy atom. The number of nitrogens with one attached hydrogen (secondary N) is 1. The van der Waals surface area contributed by atoms with Crippen LogP contribution in [0, 0.1) is 0 Å². The van der Waals surface area contributed by atoms with Gasteiger partial charge < -0.3 is 10.4 Å². The van der Waals surface area contributed by atoms with Gasteiger partial charge in [0.25, 0.3) is 0 Å². The van der Waals surface area contributed by atoms with Crippen LogP contribution in [0.4, 0.5) is 0 Å². The molecule has 0 saturated heterocycles. The molecule has 1 fully saturated rings. The predicted octanol–water partition coefficient (Wildman–Crippen LogP) is 2.74. The molecule has 108 valence electrons. The summed E-state index contributed by atoms with van der Waals surface area (Å²) in [5.74, 6) is -1.15. The van der Waals surface area contributed by atoms with Gasteiger partial charge in [0.05, 0.1) is 6.42 Å². The molecule has 0 bridgehead atoms. The molecule has 1 aromatic carbocycles. The van der Waals surface area contributed by atoms with E-state index in [9.17, 15) is 9.59 Å². The number of rotatable bonds is 6. The van der Waals surface area contributed by atoms with E-state index in [0.717, 1.165) is 19.3 Å². The van der Waals surface area contributed by atoms with Crippen LogP contribution < -0.4 is 5.32 Å². The van der Waals surface area contributed by atoms with Crippen molar-refractivity contribution in [2.24, 2.45) is 0 Å². The van der Waals surface area contributed by atoms with Crippen LogP contribution in [0.5, 0.6) is 0 Å². The van der Waals surface area contributed by atoms with Gasteiger partial charge in [-0.25, -0.2) is 0 Å². The fourth-order valence-electron chi connectivity index (χ4n) is 2.55. The summed E-state index contributed by atoms with van der Waals surface area (Å²) in [5, 5.41) is 12.1. The third-order valence-corrected chi connectivity index (χ3v) is 4.21. The highest BCUT2D eigenvalue weighted by atomic mass is 35.5. The Labute approximate surface area is 123 Å². The van der Waals surface area contributed by atoms with E-state index in [1.807, 2.05) is 24.3 Å². The minimum absolute atomic E-state index is 0.0104. The van der Waals surface area contributed by atoms with Gasteiger partial charge in [0.15, 0.2) is 0 Å². The maximum absolute atomic E-state index is 11.6. The Hall–Kier alpha value is -1.55. The lowest BCUT2D eigenvalue weighted by molar-refractivity contribution is -0.138. The van der Waals surface area contributed by atoms with Crippen LogP contribution in [0.3, 0.4) is 0 Å². The number of amides is 1. The average molecular weight is 296 g/mol. The lowest BCUT2D eigenvalue weighted by Gasteiger charge is -2.42. The summed E-state index contributed by atoms with van der Waals surface area (Å²) in [4.78, 5) is 22.1. The van der Waals surface area contributed by atoms with E-state index >= 15 is 0 Å². The molecular weight excluding hydrogens is 278 g/mol. The zero-order chi connectivity index (χ0) is 14.6. The van der Waals surface area contributed by atoms with Crippen molar-refractivity contribution >= 4 is 23.5 Å². The molecule has 5 heteroatoms. The van der Waals surface area contributed by atoms with E-state index in [1.165, 1.54) is 5.56 Å². The number of carboxylic acid groups (broad SMARTS) is 1. The van der Waals surface area contributed by atoms with Gasteiger partial charge in [-0.2, -0.15) is 0 Å². The average Bonchev–Trinajstić information content (AvgIpc) is 2.37. The van der Waals surface area contributed by atoms with Gasteiger partial charge in [-0.05, 0) is 30.5 Å². The van der Waals surface area contributed by atoms with Crippen molar-refractivity contribution in [2.45, 2.75) is 37.5 Å². The molecule has 1 aliphatic carbocycles. The van der Waals surface area contributed by atoms with Crippen LogP contribution in [0.1, 0.15) is 37.7 Å². The number of aliphatic carboxylic acids is 1. The number of carboxylic acids is 1. The smallest absolute Gasteiger partial charge is 0.303 e. The zero-order valence-corrected chi connectivity index (χ0v) is 11.9. The fraction of sp³-hybridized carbons (Fsp3) is 0.467. The lowest BCUT2D eigenvalue weighted by atomic mass is 9.64. The molecule has 1 aromatic rings. The van der Waals surface area contributed by atoms with Crippen LogP contribution in [-0.4, -0.2) is 23.5 Å². The third-order valence-electron chi connectivity index (χ3n) is 3.96. The van der Waals surface area contributed by atoms with E-state index in [4.69, 9.17) is 16.7 Å². The minimum atomic E-state index is -0.948. The number of hydrogen-bond donors (Lipinski definition) is 2. The molecule has 2 N–H and O–H groups in total. The molecule has 0 spiro atoms. The molecule has 0 unspecified atom stereocenters. The molecule has 0 aliphatic heterocycles. The van der Waals surface area contributed by atoms with Crippen molar-refractivity contribution in [1.29, 1.82) is 0 Å². The summed E-state index contributed by atoms with van der Waals surface area (Å²) in [6.07, 6.45) is 3.13. The van der Waals surface area contributed by atoms with Gasteiger partial charge in [0.2, 0.25) is 5.91 Å². The Morgan fingerprint density at radius 3 is 2.35 bits per heavy atom. The van der Waals surface area contributed by atoms with Crippen LogP contribution in [-0.2, 0) is 15.0 Å². The summed E-state index contributed by atoms with van der Waals surface area (Å²) in [5.41, 5.74) is 1.18. The first kappa shape index (κ1) is 14.9. The predicted molar refractivity (Wildman–Crippen MR) is 76.9 cm³/mol. The van der Waals surface area contributed by atoms with E-state index in [0.29, 0.717) is 11.6 Å². The van der Waals surface area contributed by atoms with Gasteiger partial charge in [-0.3, -0.25) is 9.59 Å². The Balaban J connectivity index is 1.93. The number of halogens is 1. The number of benzene rings is 1. The topological polar surface area (TPSA) is 66.4 Å². The van der Waals surface area contributed by atoms with Gasteiger partial charge in [0.1, 0.15) is 0 Å². The first-order valence-electron chi connectivity index (χ1n) is 6.76. The van der Waals surface area contributed by atoms with Crippen molar-refractivity contribution in [3.8, 4) is 0 Å². The molecule has 0 atom stereocenters. The molecule has 1 saturated carbocycles. The largest absolute Gasteiger partial charge is 0.481 e. The van der Waals surface area contributed by atoms with Crippen molar-refractivity contribution in [1.82, 2.24) is 5.32 Å². The lowest BCUT2D eigenvalue weighted by Crippen LogP contribution is -2.45. The minimum Gasteiger partial charge on any atom is -0.481 e. The van der Waals surface area contributed by atoms with E-state index in [-0.39, 0.29) is 24.2 Å². The van der Waals surface area contributed by atoms with Crippen LogP contribution in [0.25, 0.3) is 0 Å². The molecule has 0 aromatic heterocycles. The Kier molecular flexibility index (Phi) is 4.65. The van der Waals surface area contributed by atoms with Crippen LogP contribution in [0.2, 0.25) is 5.02 Å². The fourth-order valence-corrected chi connectivity index (χ4v) is 2.68. The second-order valence-electron chi connectivity index (χ2n) is 5.31. The molecular formula is C15H18ClNO3. The summed E-state index contributed by atoms with van der Waals surface area (Å²) >= 11 is 5.90. The van der Waals surface area contributed by atoms with Gasteiger partial charge in [-0.1, -0.05) is 30.2 Å². The molecule has 20 heavy (non-hydrogen) atoms. The Morgan fingerprint density at radius 1 is 1.20 bits per heavy atom. The second-order valence-corrected chi connectivity index (χ2v) is 5.75. The molecule has 4 nitrogen and oxygen atoms in total. The zero-order valence-electron chi connectivity index (χ0n) is 11.2. The number of carbonyl (C=O) groups is 2. The van der Waals surface area contributed by atoms with Crippen molar-refractivity contribution in [2.75, 3.05) is 6.54 Å². The first-order valence-corrected chi connectivity index (χ1v) is 7.14. The summed E-state index contributed by atoms with van der Waals surface area (Å²) < 4.78 is 0. The van der Waals surface area contributed by atoms with Gasteiger partial charge in [-0.15, -0.1) is 0 Å². The molecule has 0 heterocycles. The van der Waals surface area contributed by atoms with Crippen LogP contribution in [0.15, 0.2) is 24.3 Å². The highest BCUT2D eigenvalue weighted by molar-refractivity contribution is 6.30. The maximum atomic E-state index is 11.6. The number of hydrogen-bond acceptors (Lipinski definition) is 2. The summed E-state index contributed by atoms with van der Waals surface area (Å²) in [6.45, 7) is 0.563. The quantitative estimate of drug-likeness (QED) is 0.848. The summed E-state index contributed by atoms with van der Waals surface area (Å²) in [7, 11) is 0. The van der Waals surface area contributed by atoms with Crippen molar-refractivity contribution in [3.63, 3.8) is 0 Å². The van der Waals surface area contributed by atoms with Gasteiger partial charge in [0, 0.05) is 23.4 Å². The SMILES string of the molecule is O=C(O)CCC(=O)NCC1(c2ccc(Cl)cc2)CCC1. The molecule has 2 rings (SSSR count). The maximum Gasteiger partial charge on any atom is 0.303 e. The summed E-state index contributed by atoms with van der Waals surface area (Å²) in [6, 6.07) is 7.74. The van der Waals surface area contributed by atoms with E-state index in [1.54, 1.807) is 0 Å². The monoisotopic (exact) mass is 295 g/mol. The first-order chi connectivity index (χ1) is 9.52. The normalized spacial score (nSPS) is 16.2. The third kappa shape index (κ3) is 3.51. The van der Waals surface area contributed by atoms with E-state index < -0.39 is 5.97 Å². The van der Waals surface area contributed by atoms with Crippen molar-refractivity contribution in [3.05, 3.63) is 34.9 Å².